The van der Waals surface area contributed by atoms with Gasteiger partial charge >= 0.3 is 11.9 Å². The topological polar surface area (TPSA) is 456 Å². The molecule has 2 aromatic heterocycles. The van der Waals surface area contributed by atoms with Gasteiger partial charge in [-0.3, -0.25) is 76.9 Å². The number of piperazine rings is 1. The molecule has 6 aromatic rings. The van der Waals surface area contributed by atoms with Crippen LogP contribution in [0.5, 0.6) is 11.5 Å². The molecule has 138 heavy (non-hydrogen) atoms. The molecule has 7 fully saturated rings. The number of rotatable bonds is 22. The third kappa shape index (κ3) is 24.0. The van der Waals surface area contributed by atoms with E-state index in [0.29, 0.717) is 74.7 Å². The summed E-state index contributed by atoms with van der Waals surface area (Å²) in [4.78, 5) is 262. The van der Waals surface area contributed by atoms with Crippen molar-refractivity contribution in [3.63, 3.8) is 0 Å². The first-order valence-electron chi connectivity index (χ1n) is 47.2. The number of carbonyl (C=O) groups is 16. The summed E-state index contributed by atoms with van der Waals surface area (Å²) in [5.74, 6) is -13.7. The molecule has 4 aromatic carbocycles. The van der Waals surface area contributed by atoms with Crippen molar-refractivity contribution >= 4 is 118 Å². The monoisotopic (exact) mass is 1930 g/mol. The third-order valence-corrected chi connectivity index (χ3v) is 29.9. The van der Waals surface area contributed by atoms with Crippen LogP contribution in [-0.4, -0.2) is 328 Å². The van der Waals surface area contributed by atoms with Crippen molar-refractivity contribution in [2.24, 2.45) is 11.8 Å². The fourth-order valence-electron chi connectivity index (χ4n) is 18.8. The molecule has 38 heteroatoms. The summed E-state index contributed by atoms with van der Waals surface area (Å²) in [6, 6.07) is 21.0. The van der Waals surface area contributed by atoms with Crippen LogP contribution in [0.1, 0.15) is 159 Å². The lowest BCUT2D eigenvalue weighted by molar-refractivity contribution is -0.158. The van der Waals surface area contributed by atoms with Gasteiger partial charge in [0.1, 0.15) is 94.7 Å². The Morgan fingerprint density at radius 3 is 1.17 bits per heavy atom. The van der Waals surface area contributed by atoms with Gasteiger partial charge in [-0.25, -0.2) is 19.6 Å². The molecule has 0 spiro atoms. The number of hydrogen-bond acceptors (Lipinski definition) is 26. The van der Waals surface area contributed by atoms with Crippen LogP contribution in [-0.2, 0) is 89.4 Å². The second-order valence-corrected chi connectivity index (χ2v) is 39.5. The molecule has 13 rings (SSSR count). The molecule has 7 aliphatic heterocycles. The molecule has 0 saturated carbocycles. The third-order valence-electron chi connectivity index (χ3n) is 27.7. The van der Waals surface area contributed by atoms with E-state index in [4.69, 9.17) is 9.47 Å². The number of nitrogens with zero attached hydrogens (tertiary/aromatic N) is 10. The van der Waals surface area contributed by atoms with Gasteiger partial charge in [0.2, 0.25) is 59.1 Å². The van der Waals surface area contributed by atoms with E-state index >= 15 is 38.4 Å². The quantitative estimate of drug-likeness (QED) is 0.0346. The molecule has 2 unspecified atom stereocenters. The molecule has 8 N–H and O–H groups in total. The summed E-state index contributed by atoms with van der Waals surface area (Å²) in [5, 5.41) is 37.6. The predicted octanol–water partition coefficient (Wildman–Crippen LogP) is 4.35. The predicted molar refractivity (Wildman–Crippen MR) is 511 cm³/mol. The average Bonchev–Trinajstić information content (AvgIpc) is 1.42. The van der Waals surface area contributed by atoms with Crippen molar-refractivity contribution in [2.45, 2.75) is 203 Å². The Bertz CT molecular complexity index is 5170. The summed E-state index contributed by atoms with van der Waals surface area (Å²) in [6.45, 7) is 16.3. The van der Waals surface area contributed by atoms with Gasteiger partial charge in [-0.15, -0.1) is 0 Å². The number of pyridine rings is 2. The number of cyclic esters (lactones) is 2. The first-order chi connectivity index (χ1) is 66.0. The number of aryl methyl sites for hydroxylation is 2. The lowest BCUT2D eigenvalue weighted by Crippen LogP contribution is -2.65. The second-order valence-electron chi connectivity index (χ2n) is 37.2. The Hall–Kier alpha value is -12.7. The van der Waals surface area contributed by atoms with Crippen LogP contribution in [0.4, 0.5) is 0 Å². The molecule has 12 amide bonds. The van der Waals surface area contributed by atoms with E-state index in [2.05, 4.69) is 51.7 Å². The van der Waals surface area contributed by atoms with Crippen molar-refractivity contribution in [1.29, 1.82) is 0 Å². The van der Waals surface area contributed by atoms with E-state index in [1.165, 1.54) is 131 Å². The largest absolute Gasteiger partial charge is 0.505 e. The smallest absolute Gasteiger partial charge is 0.333 e. The zero-order valence-corrected chi connectivity index (χ0v) is 81.1. The summed E-state index contributed by atoms with van der Waals surface area (Å²) < 4.78 is 12.1. The number of esters is 2. The first kappa shape index (κ1) is 103. The van der Waals surface area contributed by atoms with Crippen LogP contribution in [0.2, 0.25) is 0 Å². The number of hydrogen-bond donors (Lipinski definition) is 8. The van der Waals surface area contributed by atoms with Crippen LogP contribution < -0.4 is 31.9 Å². The van der Waals surface area contributed by atoms with E-state index in [1.807, 2.05) is 62.4 Å². The van der Waals surface area contributed by atoms with Crippen LogP contribution in [0, 0.1) is 25.7 Å². The average molecular weight is 1930 g/mol. The number of ketones is 2. The standard InChI is InChI=1S/C100H124N16O20S2/c1-11-99(7)97(133)113-41-21-27-69(113)91(127)109(9)73(51-63-35-31-59(3)32-36-63)93(129)115-55-67(77(119)53-71(115)85(121)105-81(65-23-15-13-16-24-65)95(131)135-61(5)79(89(125)107-99)103-87(123)83-75(117)29-19-39-101-83)57-137-49-47-111-43-45-112(46-44-111)48-50-138-58-68-56-116-72(54-78(68)120)86(122)106-82(66-25-17-14-18-26-66)96(132)136-62(6)80(104-88(124)84-76(118)30-20-40-102-84)90(126)108-100(8,12-2)98(134)114-42-22-28-70(114)92(128)110(10)74(94(116)130)52-64-37-33-60(4)34-38-64/h13-20,23-26,29-40,61-62,67-74,79-82,117-118H,11-12,21-22,27-28,41-58H2,1-10H3,(H,103,123)(H,104,124)(H,105,121)(H,106,122)(H,107,125)(H,108,126)/t61-,62-,67?,68?,69+,70+,71+,72+,73+,74+,79+,80+,81+,82+,99-,100+/m1/s1. The normalized spacial score (nSPS) is 27.6. The lowest BCUT2D eigenvalue weighted by atomic mass is 9.90. The Morgan fingerprint density at radius 1 is 0.464 bits per heavy atom. The Balaban J connectivity index is 0.695. The number of likely N-dealkylation sites (N-methyl/N-ethyl adjacent to an activating group) is 2. The molecular weight excluding hydrogens is 1810 g/mol. The number of fused-ring (bicyclic) bond motifs is 4. The van der Waals surface area contributed by atoms with E-state index in [1.54, 1.807) is 74.5 Å². The van der Waals surface area contributed by atoms with Gasteiger partial charge in [0.25, 0.3) is 11.8 Å². The summed E-state index contributed by atoms with van der Waals surface area (Å²) in [7, 11) is 2.94. The minimum Gasteiger partial charge on any atom is -0.505 e. The number of aromatic nitrogens is 2. The van der Waals surface area contributed by atoms with Crippen LogP contribution >= 0.6 is 23.5 Å². The summed E-state index contributed by atoms with van der Waals surface area (Å²) >= 11 is 3.01. The van der Waals surface area contributed by atoms with Crippen LogP contribution in [0.15, 0.2) is 146 Å². The van der Waals surface area contributed by atoms with Gasteiger partial charge < -0.3 is 81.0 Å². The molecule has 0 bridgehead atoms. The Labute approximate surface area is 810 Å². The number of piperidine rings is 2. The molecule has 7 aliphatic rings. The van der Waals surface area contributed by atoms with Crippen molar-refractivity contribution < 1.29 is 96.4 Å². The van der Waals surface area contributed by atoms with Crippen LogP contribution in [0.25, 0.3) is 0 Å². The minimum absolute atomic E-state index is 0.0306. The number of Topliss-reactive ketones (excluding diaryl/α,β-unsaturated/α-hetero) is 2. The fourth-order valence-corrected chi connectivity index (χ4v) is 21.1. The van der Waals surface area contributed by atoms with E-state index in [0.717, 1.165) is 11.1 Å². The minimum atomic E-state index is -1.79. The number of carbonyl (C=O) groups excluding carboxylic acids is 16. The van der Waals surface area contributed by atoms with Crippen molar-refractivity contribution in [2.75, 3.05) is 103 Å². The van der Waals surface area contributed by atoms with Gasteiger partial charge in [0.15, 0.2) is 23.5 Å². The fraction of sp³-hybridized carbons (Fsp3) is 0.500. The highest BCUT2D eigenvalue weighted by molar-refractivity contribution is 7.99. The van der Waals surface area contributed by atoms with Gasteiger partial charge in [-0.05, 0) is 127 Å². The number of amides is 12. The molecule has 9 heterocycles. The van der Waals surface area contributed by atoms with Gasteiger partial charge in [-0.1, -0.05) is 134 Å². The SMILES string of the molecule is CC[C@@]1(C)NC(=O)[C@@H](NC(=O)c2ncccc2O)[C@@H](C)OC(=O)[C@H](c2ccccc2)NC(=O)[C@@H]2CC(=O)C(CSCCN3CCN(CCSCC4CN5C(=O)[C@H](Cc6ccc(C)cc6)N(C)C(=O)[C@@H]6CCCN6C(=O)[C@](C)(CC)NC(=O)[C@@H](NC(=O)c6ncccc6O)[C@@H](C)OC(=O)[C@H](c6ccccc6)NC(=O)[C@@H]5CC4=O)CC3)CN2C(=O)[C@H](Cc2ccc(C)cc2)N(C)C(=O)[C@@H]2CCCN2C1=O. The van der Waals surface area contributed by atoms with E-state index < -0.39 is 214 Å². The highest BCUT2D eigenvalue weighted by Gasteiger charge is 2.53. The molecule has 0 radical (unpaired) electrons. The highest BCUT2D eigenvalue weighted by Crippen LogP contribution is 2.35. The van der Waals surface area contributed by atoms with Crippen molar-refractivity contribution in [1.82, 2.24) is 81.1 Å². The number of nitrogens with one attached hydrogen (secondary N) is 6. The Kier molecular flexibility index (Phi) is 34.0. The maximum absolute atomic E-state index is 16.1. The maximum atomic E-state index is 16.1. The number of benzene rings is 4. The van der Waals surface area contributed by atoms with Crippen LogP contribution in [0.3, 0.4) is 0 Å². The first-order valence-corrected chi connectivity index (χ1v) is 49.5. The van der Waals surface area contributed by atoms with Crippen molar-refractivity contribution in [3.8, 4) is 11.5 Å². The zero-order chi connectivity index (χ0) is 99.1. The lowest BCUT2D eigenvalue weighted by Gasteiger charge is -2.42. The number of aromatic hydroxyl groups is 2. The highest BCUT2D eigenvalue weighted by atomic mass is 32.2. The number of ether oxygens (including phenoxy) is 2. The van der Waals surface area contributed by atoms with Gasteiger partial charge in [-0.2, -0.15) is 23.5 Å². The molecule has 16 atom stereocenters. The molecule has 0 aliphatic carbocycles. The van der Waals surface area contributed by atoms with Crippen molar-refractivity contribution in [3.05, 3.63) is 191 Å². The van der Waals surface area contributed by atoms with E-state index in [-0.39, 0.29) is 98.9 Å². The molecule has 36 nitrogen and oxygen atoms in total. The van der Waals surface area contributed by atoms with Gasteiger partial charge in [0.05, 0.1) is 0 Å². The van der Waals surface area contributed by atoms with Gasteiger partial charge in [0, 0.05) is 152 Å². The maximum Gasteiger partial charge on any atom is 0.333 e. The zero-order valence-electron chi connectivity index (χ0n) is 79.4. The molecule has 736 valence electrons. The summed E-state index contributed by atoms with van der Waals surface area (Å²) in [5.41, 5.74) is -0.880. The van der Waals surface area contributed by atoms with E-state index in [9.17, 15) is 48.6 Å². The Morgan fingerprint density at radius 2 is 0.826 bits per heavy atom. The molecule has 7 saturated heterocycles. The second kappa shape index (κ2) is 45.7. The summed E-state index contributed by atoms with van der Waals surface area (Å²) in [6.07, 6.45) is -0.714. The molecular formula is C100H124N16O20S2. The number of thioether (sulfide) groups is 2.